The van der Waals surface area contributed by atoms with Crippen LogP contribution in [0.2, 0.25) is 0 Å². The van der Waals surface area contributed by atoms with Gasteiger partial charge in [0.15, 0.2) is 0 Å². The fourth-order valence-electron chi connectivity index (χ4n) is 2.69. The van der Waals surface area contributed by atoms with Crippen molar-refractivity contribution in [1.29, 1.82) is 0 Å². The first kappa shape index (κ1) is 14.4. The zero-order chi connectivity index (χ0) is 16.5. The van der Waals surface area contributed by atoms with Gasteiger partial charge in [0.25, 0.3) is 0 Å². The number of hydrogen-bond acceptors (Lipinski definition) is 4. The number of rotatable bonds is 3. The van der Waals surface area contributed by atoms with Gasteiger partial charge in [0.05, 0.1) is 17.4 Å². The second-order valence-corrected chi connectivity index (χ2v) is 5.61. The minimum absolute atomic E-state index is 0.553. The third kappa shape index (κ3) is 2.72. The van der Waals surface area contributed by atoms with Gasteiger partial charge in [0, 0.05) is 17.1 Å². The van der Waals surface area contributed by atoms with Crippen molar-refractivity contribution in [2.75, 3.05) is 0 Å². The van der Waals surface area contributed by atoms with Crippen LogP contribution in [-0.4, -0.2) is 19.7 Å². The molecule has 0 saturated heterocycles. The summed E-state index contributed by atoms with van der Waals surface area (Å²) in [4.78, 5) is 8.54. The summed E-state index contributed by atoms with van der Waals surface area (Å²) in [5.74, 6) is 1.98. The van der Waals surface area contributed by atoms with Crippen LogP contribution in [0.3, 0.4) is 0 Å². The summed E-state index contributed by atoms with van der Waals surface area (Å²) < 4.78 is 7.73. The summed E-state index contributed by atoms with van der Waals surface area (Å²) in [6, 6.07) is 17.7. The number of fused-ring (bicyclic) bond motifs is 1. The van der Waals surface area contributed by atoms with Crippen LogP contribution in [-0.2, 0) is 0 Å². The minimum Gasteiger partial charge on any atom is -0.439 e. The van der Waals surface area contributed by atoms with Crippen LogP contribution in [0.15, 0.2) is 60.8 Å². The van der Waals surface area contributed by atoms with Crippen molar-refractivity contribution in [3.05, 3.63) is 72.3 Å². The molecule has 2 aromatic carbocycles. The van der Waals surface area contributed by atoms with Gasteiger partial charge in [-0.25, -0.2) is 9.67 Å². The molecule has 0 spiro atoms. The van der Waals surface area contributed by atoms with Crippen LogP contribution in [0.4, 0.5) is 0 Å². The van der Waals surface area contributed by atoms with Crippen LogP contribution < -0.4 is 4.74 Å². The summed E-state index contributed by atoms with van der Waals surface area (Å²) >= 11 is 0. The molecule has 0 aliphatic carbocycles. The summed E-state index contributed by atoms with van der Waals surface area (Å²) in [5.41, 5.74) is 2.95. The minimum atomic E-state index is 0.553. The van der Waals surface area contributed by atoms with Crippen LogP contribution in [0.25, 0.3) is 16.6 Å². The lowest BCUT2D eigenvalue weighted by atomic mass is 10.2. The van der Waals surface area contributed by atoms with E-state index in [1.165, 1.54) is 0 Å². The molecule has 0 fully saturated rings. The number of nitrogens with zero attached hydrogens (tertiary/aromatic N) is 4. The van der Waals surface area contributed by atoms with Crippen molar-refractivity contribution in [2.24, 2.45) is 0 Å². The summed E-state index contributed by atoms with van der Waals surface area (Å²) in [6.45, 7) is 3.78. The molecule has 4 rings (SSSR count). The fourth-order valence-corrected chi connectivity index (χ4v) is 2.69. The number of benzene rings is 2. The van der Waals surface area contributed by atoms with Gasteiger partial charge in [-0.3, -0.25) is 0 Å². The zero-order valence-corrected chi connectivity index (χ0v) is 13.5. The Morgan fingerprint density at radius 2 is 1.71 bits per heavy atom. The molecule has 0 aliphatic heterocycles. The van der Waals surface area contributed by atoms with E-state index in [1.807, 2.05) is 67.2 Å². The van der Waals surface area contributed by atoms with Crippen LogP contribution in [0.1, 0.15) is 11.5 Å². The van der Waals surface area contributed by atoms with E-state index in [0.717, 1.165) is 28.0 Å². The maximum Gasteiger partial charge on any atom is 0.222 e. The maximum absolute atomic E-state index is 5.82. The smallest absolute Gasteiger partial charge is 0.222 e. The SMILES string of the molecule is Cc1cc(Oc2ccc(-n3ncc4ccccc43)cc2)nc(C)n1. The Hall–Kier alpha value is -3.21. The average Bonchev–Trinajstić information content (AvgIpc) is 2.99. The molecule has 2 heterocycles. The fraction of sp³-hybridized carbons (Fsp3) is 0.105. The van der Waals surface area contributed by atoms with E-state index >= 15 is 0 Å². The third-order valence-electron chi connectivity index (χ3n) is 3.72. The van der Waals surface area contributed by atoms with Crippen molar-refractivity contribution < 1.29 is 4.74 Å². The van der Waals surface area contributed by atoms with Crippen molar-refractivity contribution in [3.63, 3.8) is 0 Å². The number of hydrogen-bond donors (Lipinski definition) is 0. The largest absolute Gasteiger partial charge is 0.439 e. The number of aromatic nitrogens is 4. The van der Waals surface area contributed by atoms with E-state index in [0.29, 0.717) is 11.7 Å². The molecule has 0 atom stereocenters. The Morgan fingerprint density at radius 3 is 2.50 bits per heavy atom. The molecule has 5 heteroatoms. The molecule has 0 unspecified atom stereocenters. The topological polar surface area (TPSA) is 52.8 Å². The predicted molar refractivity (Wildman–Crippen MR) is 92.7 cm³/mol. The molecule has 0 bridgehead atoms. The zero-order valence-electron chi connectivity index (χ0n) is 13.5. The van der Waals surface area contributed by atoms with Gasteiger partial charge >= 0.3 is 0 Å². The van der Waals surface area contributed by atoms with Gasteiger partial charge in [-0.05, 0) is 44.2 Å². The normalized spacial score (nSPS) is 10.9. The monoisotopic (exact) mass is 316 g/mol. The molecule has 0 radical (unpaired) electrons. The Morgan fingerprint density at radius 1 is 0.917 bits per heavy atom. The number of aryl methyl sites for hydroxylation is 2. The highest BCUT2D eigenvalue weighted by Crippen LogP contribution is 2.23. The first-order chi connectivity index (χ1) is 11.7. The van der Waals surface area contributed by atoms with Gasteiger partial charge in [0.2, 0.25) is 5.88 Å². The molecule has 4 aromatic rings. The maximum atomic E-state index is 5.82. The van der Waals surface area contributed by atoms with Crippen molar-refractivity contribution in [3.8, 4) is 17.3 Å². The molecule has 118 valence electrons. The van der Waals surface area contributed by atoms with E-state index in [4.69, 9.17) is 4.74 Å². The molecule has 5 nitrogen and oxygen atoms in total. The highest BCUT2D eigenvalue weighted by atomic mass is 16.5. The molecule has 0 aliphatic rings. The van der Waals surface area contributed by atoms with Gasteiger partial charge in [0.1, 0.15) is 11.6 Å². The van der Waals surface area contributed by atoms with Gasteiger partial charge in [-0.2, -0.15) is 10.1 Å². The lowest BCUT2D eigenvalue weighted by Gasteiger charge is -2.08. The molecule has 0 amide bonds. The summed E-state index contributed by atoms with van der Waals surface area (Å²) in [7, 11) is 0. The number of ether oxygens (including phenoxy) is 1. The van der Waals surface area contributed by atoms with E-state index in [2.05, 4.69) is 27.2 Å². The quantitative estimate of drug-likeness (QED) is 0.568. The van der Waals surface area contributed by atoms with Crippen LogP contribution >= 0.6 is 0 Å². The Labute approximate surface area is 139 Å². The first-order valence-corrected chi connectivity index (χ1v) is 7.72. The average molecular weight is 316 g/mol. The third-order valence-corrected chi connectivity index (χ3v) is 3.72. The van der Waals surface area contributed by atoms with E-state index in [-0.39, 0.29) is 0 Å². The highest BCUT2D eigenvalue weighted by molar-refractivity contribution is 5.80. The first-order valence-electron chi connectivity index (χ1n) is 7.72. The molecule has 2 aromatic heterocycles. The van der Waals surface area contributed by atoms with Crippen LogP contribution in [0, 0.1) is 13.8 Å². The van der Waals surface area contributed by atoms with Crippen molar-refractivity contribution >= 4 is 10.9 Å². The molecular weight excluding hydrogens is 300 g/mol. The summed E-state index contributed by atoms with van der Waals surface area (Å²) in [5, 5.41) is 5.57. The lowest BCUT2D eigenvalue weighted by molar-refractivity contribution is 0.459. The number of para-hydroxylation sites is 1. The van der Waals surface area contributed by atoms with E-state index in [1.54, 1.807) is 0 Å². The predicted octanol–water partition coefficient (Wildman–Crippen LogP) is 4.22. The highest BCUT2D eigenvalue weighted by Gasteiger charge is 2.06. The second kappa shape index (κ2) is 5.77. The lowest BCUT2D eigenvalue weighted by Crippen LogP contribution is -1.97. The van der Waals surface area contributed by atoms with Crippen molar-refractivity contribution in [1.82, 2.24) is 19.7 Å². The van der Waals surface area contributed by atoms with Gasteiger partial charge < -0.3 is 4.74 Å². The Bertz CT molecular complexity index is 985. The second-order valence-electron chi connectivity index (χ2n) is 5.61. The van der Waals surface area contributed by atoms with E-state index < -0.39 is 0 Å². The van der Waals surface area contributed by atoms with Crippen molar-refractivity contribution in [2.45, 2.75) is 13.8 Å². The standard InChI is InChI=1S/C19H16N4O/c1-13-11-19(22-14(2)21-13)24-17-9-7-16(8-10-17)23-18-6-4-3-5-15(18)12-20-23/h3-12H,1-2H3. The Balaban J connectivity index is 1.63. The Kier molecular flexibility index (Phi) is 3.46. The molecule has 0 saturated carbocycles. The van der Waals surface area contributed by atoms with E-state index in [9.17, 15) is 0 Å². The van der Waals surface area contributed by atoms with Crippen LogP contribution in [0.5, 0.6) is 11.6 Å². The molecule has 24 heavy (non-hydrogen) atoms. The molecular formula is C19H16N4O. The summed E-state index contributed by atoms with van der Waals surface area (Å²) in [6.07, 6.45) is 1.87. The van der Waals surface area contributed by atoms with Gasteiger partial charge in [-0.15, -0.1) is 0 Å². The van der Waals surface area contributed by atoms with Gasteiger partial charge in [-0.1, -0.05) is 18.2 Å². The molecule has 0 N–H and O–H groups in total.